The molecular weight excluding hydrogens is 443 g/mol. The van der Waals surface area contributed by atoms with Crippen LogP contribution < -0.4 is 4.74 Å². The number of carbonyl (C=O) groups excluding carboxylic acids is 1. The molecule has 1 saturated carbocycles. The molecule has 2 saturated heterocycles. The van der Waals surface area contributed by atoms with Crippen molar-refractivity contribution in [3.63, 3.8) is 0 Å². The average Bonchev–Trinajstić information content (AvgIpc) is 2.87. The van der Waals surface area contributed by atoms with Gasteiger partial charge in [-0.1, -0.05) is 24.3 Å². The van der Waals surface area contributed by atoms with Gasteiger partial charge in [-0.2, -0.15) is 0 Å². The van der Waals surface area contributed by atoms with Gasteiger partial charge in [0.15, 0.2) is 0 Å². The fourth-order valence-corrected chi connectivity index (χ4v) is 5.52. The number of aliphatic hydroxyl groups is 1. The molecule has 3 aliphatic rings. The summed E-state index contributed by atoms with van der Waals surface area (Å²) in [5, 5.41) is 9.84. The van der Waals surface area contributed by atoms with Gasteiger partial charge in [0.05, 0.1) is 12.7 Å². The van der Waals surface area contributed by atoms with Crippen molar-refractivity contribution in [1.29, 1.82) is 0 Å². The molecule has 1 aliphatic carbocycles. The van der Waals surface area contributed by atoms with Gasteiger partial charge in [0.1, 0.15) is 11.4 Å². The summed E-state index contributed by atoms with van der Waals surface area (Å²) >= 11 is 0. The van der Waals surface area contributed by atoms with Crippen molar-refractivity contribution >= 4 is 5.91 Å². The summed E-state index contributed by atoms with van der Waals surface area (Å²) in [6.45, 7) is 4.37. The normalized spacial score (nSPS) is 23.0. The fraction of sp³-hybridized carbons (Fsp3) is 0.552. The minimum atomic E-state index is -0.919. The third kappa shape index (κ3) is 6.04. The van der Waals surface area contributed by atoms with Gasteiger partial charge in [-0.15, -0.1) is 0 Å². The Labute approximate surface area is 207 Å². The van der Waals surface area contributed by atoms with E-state index in [-0.39, 0.29) is 5.91 Å². The number of benzene rings is 2. The van der Waals surface area contributed by atoms with E-state index in [0.717, 1.165) is 74.9 Å². The number of likely N-dealkylation sites (tertiary alicyclic amines) is 2. The Morgan fingerprint density at radius 2 is 1.60 bits per heavy atom. The predicted octanol–water partition coefficient (Wildman–Crippen LogP) is 4.93. The van der Waals surface area contributed by atoms with Crippen molar-refractivity contribution < 1.29 is 19.0 Å². The molecule has 2 heterocycles. The first kappa shape index (κ1) is 24.3. The second-order valence-electron chi connectivity index (χ2n) is 10.7. The molecule has 6 heteroatoms. The van der Waals surface area contributed by atoms with Gasteiger partial charge in [0.25, 0.3) is 5.91 Å². The van der Waals surface area contributed by atoms with Gasteiger partial charge in [-0.3, -0.25) is 4.79 Å². The van der Waals surface area contributed by atoms with Crippen molar-refractivity contribution in [2.24, 2.45) is 5.92 Å². The Bertz CT molecular complexity index is 982. The summed E-state index contributed by atoms with van der Waals surface area (Å²) < 4.78 is 20.4. The maximum atomic E-state index is 14.4. The van der Waals surface area contributed by atoms with Gasteiger partial charge in [-0.25, -0.2) is 4.39 Å². The van der Waals surface area contributed by atoms with Crippen LogP contribution in [-0.2, 0) is 0 Å². The highest BCUT2D eigenvalue weighted by molar-refractivity contribution is 5.94. The van der Waals surface area contributed by atoms with E-state index in [1.807, 2.05) is 36.4 Å². The molecule has 2 aliphatic heterocycles. The number of nitrogens with zero attached hydrogens (tertiary/aromatic N) is 2. The second-order valence-corrected chi connectivity index (χ2v) is 10.7. The first-order valence-electron chi connectivity index (χ1n) is 13.2. The van der Waals surface area contributed by atoms with Gasteiger partial charge < -0.3 is 19.6 Å². The molecule has 1 amide bonds. The van der Waals surface area contributed by atoms with Crippen molar-refractivity contribution in [3.05, 3.63) is 54.1 Å². The predicted molar refractivity (Wildman–Crippen MR) is 135 cm³/mol. The van der Waals surface area contributed by atoms with Crippen molar-refractivity contribution in [3.8, 4) is 16.9 Å². The lowest BCUT2D eigenvalue weighted by Crippen LogP contribution is -2.47. The lowest BCUT2D eigenvalue weighted by atomic mass is 9.81. The minimum absolute atomic E-state index is 0.0166. The van der Waals surface area contributed by atoms with Gasteiger partial charge >= 0.3 is 0 Å². The van der Waals surface area contributed by atoms with E-state index in [1.54, 1.807) is 4.90 Å². The molecule has 0 spiro atoms. The number of hydrogen-bond donors (Lipinski definition) is 1. The van der Waals surface area contributed by atoms with E-state index in [9.17, 15) is 14.3 Å². The molecular formula is C29H37FN2O3. The Balaban J connectivity index is 1.09. The van der Waals surface area contributed by atoms with Crippen LogP contribution in [0.5, 0.6) is 5.75 Å². The molecule has 3 fully saturated rings. The average molecular weight is 481 g/mol. The van der Waals surface area contributed by atoms with Crippen LogP contribution in [0.4, 0.5) is 4.39 Å². The summed E-state index contributed by atoms with van der Waals surface area (Å²) in [5.41, 5.74) is 1.87. The van der Waals surface area contributed by atoms with E-state index in [2.05, 4.69) is 17.0 Å². The summed E-state index contributed by atoms with van der Waals surface area (Å²) in [7, 11) is 0. The number of aliphatic hydroxyl groups excluding tert-OH is 1. The quantitative estimate of drug-likeness (QED) is 0.610. The van der Waals surface area contributed by atoms with Gasteiger partial charge in [0.2, 0.25) is 0 Å². The first-order valence-corrected chi connectivity index (χ1v) is 13.2. The van der Waals surface area contributed by atoms with E-state index < -0.39 is 11.8 Å². The number of hydrogen-bond acceptors (Lipinski definition) is 4. The molecule has 0 radical (unpaired) electrons. The molecule has 2 aromatic carbocycles. The Hall–Kier alpha value is -2.44. The summed E-state index contributed by atoms with van der Waals surface area (Å²) in [6, 6.07) is 15.8. The number of amides is 1. The number of β-amino-alcohol motifs (C(OH)–C–C–N with tert-alkyl or cyclic N) is 1. The van der Waals surface area contributed by atoms with Crippen LogP contribution in [-0.4, -0.2) is 71.9 Å². The highest BCUT2D eigenvalue weighted by Gasteiger charge is 2.39. The molecule has 5 rings (SSSR count). The third-order valence-corrected chi connectivity index (χ3v) is 7.95. The maximum Gasteiger partial charge on any atom is 0.253 e. The largest absolute Gasteiger partial charge is 0.493 e. The van der Waals surface area contributed by atoms with Gasteiger partial charge in [-0.05, 0) is 99.3 Å². The highest BCUT2D eigenvalue weighted by Crippen LogP contribution is 2.37. The molecule has 0 unspecified atom stereocenters. The van der Waals surface area contributed by atoms with Crippen LogP contribution in [0.15, 0.2) is 48.5 Å². The minimum Gasteiger partial charge on any atom is -0.493 e. The Kier molecular flexibility index (Phi) is 7.40. The number of piperidine rings is 2. The third-order valence-electron chi connectivity index (χ3n) is 7.95. The number of carbonyl (C=O) groups is 1. The summed E-state index contributed by atoms with van der Waals surface area (Å²) in [6.07, 6.45) is 5.83. The van der Waals surface area contributed by atoms with Crippen LogP contribution >= 0.6 is 0 Å². The van der Waals surface area contributed by atoms with Crippen LogP contribution in [0.3, 0.4) is 0 Å². The summed E-state index contributed by atoms with van der Waals surface area (Å²) in [5.74, 6) is 1.37. The zero-order chi connectivity index (χ0) is 24.3. The van der Waals surface area contributed by atoms with Crippen LogP contribution in [0.25, 0.3) is 11.1 Å². The molecule has 1 N–H and O–H groups in total. The standard InChI is InChI=1S/C29H37FN2O3/c30-29(14-2-15-29)21-31-17-12-22(13-18-31)20-35-27-10-8-24(9-11-27)23-4-6-25(7-5-23)28(34)32-16-1-3-26(33)19-32/h4-11,22,26,33H,1-3,12-21H2/t26-/m1/s1. The Morgan fingerprint density at radius 3 is 2.20 bits per heavy atom. The molecule has 1 atom stereocenters. The first-order chi connectivity index (χ1) is 17.0. The maximum absolute atomic E-state index is 14.4. The van der Waals surface area contributed by atoms with E-state index >= 15 is 0 Å². The fourth-order valence-electron chi connectivity index (χ4n) is 5.52. The lowest BCUT2D eigenvalue weighted by molar-refractivity contribution is 0.00740. The molecule has 2 aromatic rings. The molecule has 188 valence electrons. The number of rotatable bonds is 7. The Morgan fingerprint density at radius 1 is 0.943 bits per heavy atom. The number of alkyl halides is 1. The zero-order valence-electron chi connectivity index (χ0n) is 20.5. The number of halogens is 1. The number of ether oxygens (including phenoxy) is 1. The van der Waals surface area contributed by atoms with Crippen molar-refractivity contribution in [2.45, 2.75) is 56.7 Å². The highest BCUT2D eigenvalue weighted by atomic mass is 19.1. The van der Waals surface area contributed by atoms with Crippen LogP contribution in [0.2, 0.25) is 0 Å². The second kappa shape index (κ2) is 10.7. The molecule has 5 nitrogen and oxygen atoms in total. The molecule has 35 heavy (non-hydrogen) atoms. The van der Waals surface area contributed by atoms with Crippen LogP contribution in [0, 0.1) is 5.92 Å². The monoisotopic (exact) mass is 480 g/mol. The van der Waals surface area contributed by atoms with E-state index in [0.29, 0.717) is 37.7 Å². The van der Waals surface area contributed by atoms with E-state index in [4.69, 9.17) is 4.74 Å². The zero-order valence-corrected chi connectivity index (χ0v) is 20.5. The van der Waals surface area contributed by atoms with Crippen LogP contribution in [0.1, 0.15) is 55.3 Å². The SMILES string of the molecule is O=C(c1ccc(-c2ccc(OCC3CCN(CC4(F)CCC4)CC3)cc2)cc1)N1CCC[C@@H](O)C1. The molecule has 0 bridgehead atoms. The van der Waals surface area contributed by atoms with Crippen molar-refractivity contribution in [1.82, 2.24) is 9.80 Å². The van der Waals surface area contributed by atoms with E-state index in [1.165, 1.54) is 0 Å². The van der Waals surface area contributed by atoms with Gasteiger partial charge in [0, 0.05) is 25.2 Å². The lowest BCUT2D eigenvalue weighted by Gasteiger charge is -2.41. The van der Waals surface area contributed by atoms with Crippen molar-refractivity contribution in [2.75, 3.05) is 39.3 Å². The summed E-state index contributed by atoms with van der Waals surface area (Å²) in [4.78, 5) is 16.7. The topological polar surface area (TPSA) is 53.0 Å². The smallest absolute Gasteiger partial charge is 0.253 e. The molecule has 0 aromatic heterocycles.